The van der Waals surface area contributed by atoms with E-state index in [2.05, 4.69) is 10.6 Å². The van der Waals surface area contributed by atoms with E-state index in [0.29, 0.717) is 30.2 Å². The molecular weight excluding hydrogens is 306 g/mol. The van der Waals surface area contributed by atoms with E-state index < -0.39 is 6.03 Å². The number of hydrogen-bond donors (Lipinski definition) is 3. The van der Waals surface area contributed by atoms with Gasteiger partial charge in [-0.25, -0.2) is 4.79 Å². The monoisotopic (exact) mass is 327 g/mol. The Kier molecular flexibility index (Phi) is 6.19. The van der Waals surface area contributed by atoms with Crippen LogP contribution in [0.5, 0.6) is 5.75 Å². The number of benzene rings is 2. The molecule has 4 N–H and O–H groups in total. The molecular formula is C18H21N3O3. The number of nitrogens with two attached hydrogens (primary N) is 1. The Bertz CT molecular complexity index is 699. The van der Waals surface area contributed by atoms with Crippen LogP contribution in [0.1, 0.15) is 29.3 Å². The van der Waals surface area contributed by atoms with E-state index >= 15 is 0 Å². The molecule has 2 aromatic carbocycles. The van der Waals surface area contributed by atoms with Crippen molar-refractivity contribution in [1.29, 1.82) is 0 Å². The molecule has 0 aliphatic heterocycles. The normalized spacial score (nSPS) is 10.0. The van der Waals surface area contributed by atoms with Crippen LogP contribution in [0.2, 0.25) is 0 Å². The van der Waals surface area contributed by atoms with Gasteiger partial charge in [0, 0.05) is 17.8 Å². The summed E-state index contributed by atoms with van der Waals surface area (Å²) in [6, 6.07) is 13.6. The largest absolute Gasteiger partial charge is 0.494 e. The Morgan fingerprint density at radius 1 is 1.12 bits per heavy atom. The molecule has 24 heavy (non-hydrogen) atoms. The van der Waals surface area contributed by atoms with Crippen LogP contribution < -0.4 is 21.1 Å². The quantitative estimate of drug-likeness (QED) is 0.730. The molecule has 6 heteroatoms. The molecule has 6 nitrogen and oxygen atoms in total. The van der Waals surface area contributed by atoms with Crippen LogP contribution in [-0.2, 0) is 6.54 Å². The predicted octanol–water partition coefficient (Wildman–Crippen LogP) is 2.90. The first-order valence-electron chi connectivity index (χ1n) is 7.75. The van der Waals surface area contributed by atoms with Gasteiger partial charge in [-0.05, 0) is 42.3 Å². The van der Waals surface area contributed by atoms with Gasteiger partial charge in [-0.1, -0.05) is 25.1 Å². The zero-order valence-corrected chi connectivity index (χ0v) is 13.5. The molecule has 0 bridgehead atoms. The first-order chi connectivity index (χ1) is 11.6. The topological polar surface area (TPSA) is 93.4 Å². The number of urea groups is 1. The molecule has 0 unspecified atom stereocenters. The van der Waals surface area contributed by atoms with Gasteiger partial charge >= 0.3 is 6.03 Å². The van der Waals surface area contributed by atoms with Crippen LogP contribution in [0.4, 0.5) is 10.5 Å². The number of nitrogens with one attached hydrogen (secondary N) is 2. The molecule has 2 rings (SSSR count). The number of carbonyl (C=O) groups is 2. The summed E-state index contributed by atoms with van der Waals surface area (Å²) in [4.78, 5) is 23.0. The lowest BCUT2D eigenvalue weighted by molar-refractivity contribution is 0.0950. The lowest BCUT2D eigenvalue weighted by atomic mass is 10.1. The van der Waals surface area contributed by atoms with E-state index in [1.807, 2.05) is 25.1 Å². The van der Waals surface area contributed by atoms with Gasteiger partial charge in [-0.2, -0.15) is 0 Å². The molecule has 0 atom stereocenters. The molecule has 126 valence electrons. The Morgan fingerprint density at radius 3 is 2.54 bits per heavy atom. The summed E-state index contributed by atoms with van der Waals surface area (Å²) < 4.78 is 5.53. The second kappa shape index (κ2) is 8.57. The lowest BCUT2D eigenvalue weighted by Crippen LogP contribution is -2.23. The highest BCUT2D eigenvalue weighted by molar-refractivity contribution is 5.94. The first kappa shape index (κ1) is 17.3. The summed E-state index contributed by atoms with van der Waals surface area (Å²) in [5.74, 6) is 0.516. The Balaban J connectivity index is 1.91. The predicted molar refractivity (Wildman–Crippen MR) is 93.0 cm³/mol. The minimum atomic E-state index is -0.610. The van der Waals surface area contributed by atoms with Crippen molar-refractivity contribution < 1.29 is 14.3 Å². The van der Waals surface area contributed by atoms with Gasteiger partial charge in [0.2, 0.25) is 0 Å². The van der Waals surface area contributed by atoms with E-state index in [-0.39, 0.29) is 5.91 Å². The van der Waals surface area contributed by atoms with Crippen LogP contribution in [0.25, 0.3) is 0 Å². The van der Waals surface area contributed by atoms with Crippen molar-refractivity contribution in [1.82, 2.24) is 5.32 Å². The summed E-state index contributed by atoms with van der Waals surface area (Å²) in [6.45, 7) is 3.04. The SMILES string of the molecule is CCCOc1cccc(C(=O)NCc2ccc(NC(N)=O)cc2)c1. The Hall–Kier alpha value is -3.02. The van der Waals surface area contributed by atoms with Crippen LogP contribution in [0, 0.1) is 0 Å². The zero-order valence-electron chi connectivity index (χ0n) is 13.5. The molecule has 2 aromatic rings. The van der Waals surface area contributed by atoms with Gasteiger partial charge in [0.15, 0.2) is 0 Å². The second-order valence-electron chi connectivity index (χ2n) is 5.25. The van der Waals surface area contributed by atoms with Gasteiger partial charge in [0.05, 0.1) is 6.61 Å². The van der Waals surface area contributed by atoms with E-state index in [0.717, 1.165) is 12.0 Å². The Morgan fingerprint density at radius 2 is 1.88 bits per heavy atom. The Labute approximate surface area is 141 Å². The van der Waals surface area contributed by atoms with Gasteiger partial charge in [-0.15, -0.1) is 0 Å². The van der Waals surface area contributed by atoms with Crippen molar-refractivity contribution in [2.45, 2.75) is 19.9 Å². The molecule has 0 saturated carbocycles. The minimum Gasteiger partial charge on any atom is -0.494 e. The maximum Gasteiger partial charge on any atom is 0.316 e. The number of ether oxygens (including phenoxy) is 1. The van der Waals surface area contributed by atoms with Crippen molar-refractivity contribution in [2.24, 2.45) is 5.73 Å². The molecule has 0 radical (unpaired) electrons. The standard InChI is InChI=1S/C18H21N3O3/c1-2-10-24-16-5-3-4-14(11-16)17(22)20-12-13-6-8-15(9-7-13)21-18(19)23/h3-9,11H,2,10,12H2,1H3,(H,20,22)(H3,19,21,23). The molecule has 0 saturated heterocycles. The number of rotatable bonds is 7. The molecule has 0 spiro atoms. The fourth-order valence-electron chi connectivity index (χ4n) is 2.08. The number of primary amides is 1. The third-order valence-electron chi connectivity index (χ3n) is 3.24. The van der Waals surface area contributed by atoms with Gasteiger partial charge in [0.1, 0.15) is 5.75 Å². The first-order valence-corrected chi connectivity index (χ1v) is 7.75. The van der Waals surface area contributed by atoms with E-state index in [1.165, 1.54) is 0 Å². The number of carbonyl (C=O) groups excluding carboxylic acids is 2. The summed E-state index contributed by atoms with van der Waals surface area (Å²) in [7, 11) is 0. The summed E-state index contributed by atoms with van der Waals surface area (Å²) in [6.07, 6.45) is 0.914. The molecule has 0 heterocycles. The van der Waals surface area contributed by atoms with E-state index in [1.54, 1.807) is 30.3 Å². The van der Waals surface area contributed by atoms with E-state index in [9.17, 15) is 9.59 Å². The minimum absolute atomic E-state index is 0.170. The number of amides is 3. The zero-order chi connectivity index (χ0) is 17.4. The van der Waals surface area contributed by atoms with Crippen molar-refractivity contribution in [3.8, 4) is 5.75 Å². The molecule has 0 aliphatic carbocycles. The number of hydrogen-bond acceptors (Lipinski definition) is 3. The average molecular weight is 327 g/mol. The molecule has 0 aromatic heterocycles. The smallest absolute Gasteiger partial charge is 0.316 e. The lowest BCUT2D eigenvalue weighted by Gasteiger charge is -2.09. The summed E-state index contributed by atoms with van der Waals surface area (Å²) in [5, 5.41) is 5.34. The van der Waals surface area contributed by atoms with Crippen molar-refractivity contribution in [3.05, 3.63) is 59.7 Å². The highest BCUT2D eigenvalue weighted by atomic mass is 16.5. The van der Waals surface area contributed by atoms with E-state index in [4.69, 9.17) is 10.5 Å². The maximum atomic E-state index is 12.2. The van der Waals surface area contributed by atoms with Crippen LogP contribution in [-0.4, -0.2) is 18.5 Å². The van der Waals surface area contributed by atoms with Crippen molar-refractivity contribution >= 4 is 17.6 Å². The maximum absolute atomic E-state index is 12.2. The van der Waals surface area contributed by atoms with Crippen LogP contribution in [0.3, 0.4) is 0 Å². The van der Waals surface area contributed by atoms with Crippen molar-refractivity contribution in [2.75, 3.05) is 11.9 Å². The van der Waals surface area contributed by atoms with Gasteiger partial charge in [-0.3, -0.25) is 4.79 Å². The van der Waals surface area contributed by atoms with Crippen molar-refractivity contribution in [3.63, 3.8) is 0 Å². The summed E-state index contributed by atoms with van der Waals surface area (Å²) in [5.41, 5.74) is 7.13. The van der Waals surface area contributed by atoms with Crippen LogP contribution in [0.15, 0.2) is 48.5 Å². The molecule has 3 amide bonds. The third-order valence-corrected chi connectivity index (χ3v) is 3.24. The van der Waals surface area contributed by atoms with Gasteiger partial charge in [0.25, 0.3) is 5.91 Å². The fourth-order valence-corrected chi connectivity index (χ4v) is 2.08. The highest BCUT2D eigenvalue weighted by Gasteiger charge is 2.07. The molecule has 0 aliphatic rings. The number of anilines is 1. The van der Waals surface area contributed by atoms with Crippen LogP contribution >= 0.6 is 0 Å². The highest BCUT2D eigenvalue weighted by Crippen LogP contribution is 2.14. The second-order valence-corrected chi connectivity index (χ2v) is 5.25. The average Bonchev–Trinajstić information content (AvgIpc) is 2.59. The fraction of sp³-hybridized carbons (Fsp3) is 0.222. The molecule has 0 fully saturated rings. The van der Waals surface area contributed by atoms with Gasteiger partial charge < -0.3 is 21.1 Å². The summed E-state index contributed by atoms with van der Waals surface area (Å²) >= 11 is 0. The third kappa shape index (κ3) is 5.31.